The molecule has 0 unspecified atom stereocenters. The number of sulfonamides is 1. The van der Waals surface area contributed by atoms with Crippen molar-refractivity contribution in [1.29, 1.82) is 0 Å². The third-order valence-electron chi connectivity index (χ3n) is 5.77. The smallest absolute Gasteiger partial charge is 0.338 e. The second-order valence-electron chi connectivity index (χ2n) is 8.00. The van der Waals surface area contributed by atoms with E-state index in [0.717, 1.165) is 37.7 Å². The molecule has 1 N–H and O–H groups in total. The Morgan fingerprint density at radius 1 is 1.00 bits per heavy atom. The molecule has 1 fully saturated rings. The molecule has 0 aromatic heterocycles. The highest BCUT2D eigenvalue weighted by atomic mass is 32.2. The van der Waals surface area contributed by atoms with Crippen molar-refractivity contribution in [2.75, 3.05) is 20.2 Å². The van der Waals surface area contributed by atoms with Crippen LogP contribution in [0.15, 0.2) is 59.5 Å². The Bertz CT molecular complexity index is 1000. The minimum Gasteiger partial charge on any atom is -0.452 e. The minimum atomic E-state index is -3.62. The van der Waals surface area contributed by atoms with Crippen molar-refractivity contribution in [2.24, 2.45) is 0 Å². The number of benzene rings is 2. The van der Waals surface area contributed by atoms with Crippen molar-refractivity contribution in [2.45, 2.75) is 49.5 Å². The molecule has 1 saturated carbocycles. The van der Waals surface area contributed by atoms with Crippen molar-refractivity contribution in [1.82, 2.24) is 9.62 Å². The van der Waals surface area contributed by atoms with Gasteiger partial charge >= 0.3 is 5.97 Å². The zero-order valence-corrected chi connectivity index (χ0v) is 19.1. The first kappa shape index (κ1) is 23.9. The Kier molecular flexibility index (Phi) is 8.41. The average molecular weight is 459 g/mol. The van der Waals surface area contributed by atoms with Gasteiger partial charge in [0, 0.05) is 19.6 Å². The number of carbonyl (C=O) groups is 2. The van der Waals surface area contributed by atoms with Crippen LogP contribution in [0.2, 0.25) is 0 Å². The van der Waals surface area contributed by atoms with E-state index < -0.39 is 22.6 Å². The Hall–Kier alpha value is -2.71. The third-order valence-corrected chi connectivity index (χ3v) is 7.69. The predicted molar refractivity (Wildman–Crippen MR) is 122 cm³/mol. The zero-order valence-electron chi connectivity index (χ0n) is 18.3. The number of esters is 1. The Morgan fingerprint density at radius 2 is 1.66 bits per heavy atom. The molecular weight excluding hydrogens is 428 g/mol. The maximum absolute atomic E-state index is 12.9. The first-order valence-corrected chi connectivity index (χ1v) is 12.4. The highest BCUT2D eigenvalue weighted by Gasteiger charge is 2.29. The molecule has 1 amide bonds. The second-order valence-corrected chi connectivity index (χ2v) is 10.00. The van der Waals surface area contributed by atoms with Crippen LogP contribution in [0, 0.1) is 0 Å². The van der Waals surface area contributed by atoms with Crippen LogP contribution in [0.5, 0.6) is 0 Å². The SMILES string of the molecule is CN(C1CCCCC1)S(=O)(=O)c1ccc(C(=O)OCC(=O)NCCc2ccccc2)cc1. The summed E-state index contributed by atoms with van der Waals surface area (Å²) in [6.45, 7) is 0.0551. The molecule has 0 saturated heterocycles. The quantitative estimate of drug-likeness (QED) is 0.583. The molecule has 2 aromatic rings. The number of carbonyl (C=O) groups excluding carboxylic acids is 2. The van der Waals surface area contributed by atoms with Gasteiger partial charge in [0.25, 0.3) is 5.91 Å². The molecule has 172 valence electrons. The maximum Gasteiger partial charge on any atom is 0.338 e. The van der Waals surface area contributed by atoms with Crippen LogP contribution in [-0.2, 0) is 26.0 Å². The molecule has 32 heavy (non-hydrogen) atoms. The number of nitrogens with zero attached hydrogens (tertiary/aromatic N) is 1. The molecule has 3 rings (SSSR count). The number of nitrogens with one attached hydrogen (secondary N) is 1. The lowest BCUT2D eigenvalue weighted by Gasteiger charge is -2.30. The number of rotatable bonds is 9. The molecule has 0 spiro atoms. The highest BCUT2D eigenvalue weighted by Crippen LogP contribution is 2.26. The van der Waals surface area contributed by atoms with E-state index in [1.165, 1.54) is 28.6 Å². The molecule has 1 aliphatic carbocycles. The summed E-state index contributed by atoms with van der Waals surface area (Å²) in [5.74, 6) is -1.06. The summed E-state index contributed by atoms with van der Waals surface area (Å²) < 4.78 is 32.3. The Balaban J connectivity index is 1.48. The van der Waals surface area contributed by atoms with Crippen molar-refractivity contribution in [3.8, 4) is 0 Å². The number of amides is 1. The largest absolute Gasteiger partial charge is 0.452 e. The molecular formula is C24H30N2O5S. The van der Waals surface area contributed by atoms with Gasteiger partial charge < -0.3 is 10.1 Å². The van der Waals surface area contributed by atoms with Gasteiger partial charge in [-0.3, -0.25) is 4.79 Å². The fraction of sp³-hybridized carbons (Fsp3) is 0.417. The van der Waals surface area contributed by atoms with Crippen molar-refractivity contribution in [3.05, 3.63) is 65.7 Å². The average Bonchev–Trinajstić information content (AvgIpc) is 2.83. The molecule has 1 aliphatic rings. The Morgan fingerprint density at radius 3 is 2.31 bits per heavy atom. The molecule has 0 aliphatic heterocycles. The summed E-state index contributed by atoms with van der Waals surface area (Å²) in [6.07, 6.45) is 5.64. The number of hydrogen-bond acceptors (Lipinski definition) is 5. The van der Waals surface area contributed by atoms with Gasteiger partial charge in [0.1, 0.15) is 0 Å². The zero-order chi connectivity index (χ0) is 23.0. The lowest BCUT2D eigenvalue weighted by Crippen LogP contribution is -2.38. The summed E-state index contributed by atoms with van der Waals surface area (Å²) in [6, 6.07) is 15.4. The predicted octanol–water partition coefficient (Wildman–Crippen LogP) is 3.16. The van der Waals surface area contributed by atoms with Gasteiger partial charge in [-0.05, 0) is 49.1 Å². The summed E-state index contributed by atoms with van der Waals surface area (Å²) >= 11 is 0. The molecule has 7 nitrogen and oxygen atoms in total. The first-order valence-electron chi connectivity index (χ1n) is 10.9. The van der Waals surface area contributed by atoms with E-state index in [-0.39, 0.29) is 22.4 Å². The van der Waals surface area contributed by atoms with Crippen LogP contribution in [0.1, 0.15) is 48.0 Å². The summed E-state index contributed by atoms with van der Waals surface area (Å²) in [4.78, 5) is 24.3. The van der Waals surface area contributed by atoms with Crippen LogP contribution < -0.4 is 5.32 Å². The summed E-state index contributed by atoms with van der Waals surface area (Å²) in [5, 5.41) is 2.71. The normalized spacial score (nSPS) is 14.8. The summed E-state index contributed by atoms with van der Waals surface area (Å²) in [7, 11) is -2.01. The topological polar surface area (TPSA) is 92.8 Å². The monoisotopic (exact) mass is 458 g/mol. The minimum absolute atomic E-state index is 0.0128. The van der Waals surface area contributed by atoms with Crippen LogP contribution in [0.4, 0.5) is 0 Å². The molecule has 0 atom stereocenters. The van der Waals surface area contributed by atoms with Gasteiger partial charge in [0.05, 0.1) is 10.5 Å². The second kappa shape index (κ2) is 11.2. The van der Waals surface area contributed by atoms with Crippen LogP contribution >= 0.6 is 0 Å². The van der Waals surface area contributed by atoms with Gasteiger partial charge in [0.2, 0.25) is 10.0 Å². The van der Waals surface area contributed by atoms with Gasteiger partial charge in [-0.25, -0.2) is 13.2 Å². The number of ether oxygens (including phenoxy) is 1. The number of hydrogen-bond donors (Lipinski definition) is 1. The van der Waals surface area contributed by atoms with Gasteiger partial charge in [-0.1, -0.05) is 49.6 Å². The molecule has 0 heterocycles. The van der Waals surface area contributed by atoms with Crippen molar-refractivity contribution >= 4 is 21.9 Å². The van der Waals surface area contributed by atoms with E-state index in [1.807, 2.05) is 30.3 Å². The molecule has 2 aromatic carbocycles. The maximum atomic E-state index is 12.9. The standard InChI is InChI=1S/C24H30N2O5S/c1-26(21-10-6-3-7-11-21)32(29,30)22-14-12-20(13-15-22)24(28)31-18-23(27)25-17-16-19-8-4-2-5-9-19/h2,4-5,8-9,12-15,21H,3,6-7,10-11,16-18H2,1H3,(H,25,27). The lowest BCUT2D eigenvalue weighted by atomic mass is 9.96. The van der Waals surface area contributed by atoms with Gasteiger partial charge in [0.15, 0.2) is 6.61 Å². The first-order chi connectivity index (χ1) is 15.4. The van der Waals surface area contributed by atoms with Crippen LogP contribution in [0.3, 0.4) is 0 Å². The fourth-order valence-electron chi connectivity index (χ4n) is 3.83. The Labute approximate surface area is 189 Å². The van der Waals surface area contributed by atoms with E-state index in [9.17, 15) is 18.0 Å². The van der Waals surface area contributed by atoms with E-state index in [4.69, 9.17) is 4.74 Å². The molecule has 0 radical (unpaired) electrons. The summed E-state index contributed by atoms with van der Waals surface area (Å²) in [5.41, 5.74) is 1.30. The third kappa shape index (κ3) is 6.40. The lowest BCUT2D eigenvalue weighted by molar-refractivity contribution is -0.124. The van der Waals surface area contributed by atoms with E-state index >= 15 is 0 Å². The van der Waals surface area contributed by atoms with E-state index in [1.54, 1.807) is 7.05 Å². The van der Waals surface area contributed by atoms with Crippen LogP contribution in [0.25, 0.3) is 0 Å². The van der Waals surface area contributed by atoms with Gasteiger partial charge in [-0.15, -0.1) is 0 Å². The molecule has 0 bridgehead atoms. The van der Waals surface area contributed by atoms with Crippen molar-refractivity contribution < 1.29 is 22.7 Å². The van der Waals surface area contributed by atoms with Crippen molar-refractivity contribution in [3.63, 3.8) is 0 Å². The van der Waals surface area contributed by atoms with Gasteiger partial charge in [-0.2, -0.15) is 4.31 Å². The molecule has 8 heteroatoms. The van der Waals surface area contributed by atoms with E-state index in [2.05, 4.69) is 5.32 Å². The fourth-order valence-corrected chi connectivity index (χ4v) is 5.24. The van der Waals surface area contributed by atoms with E-state index in [0.29, 0.717) is 13.0 Å². The van der Waals surface area contributed by atoms with Crippen LogP contribution in [-0.4, -0.2) is 50.8 Å². The highest BCUT2D eigenvalue weighted by molar-refractivity contribution is 7.89.